The van der Waals surface area contributed by atoms with Crippen LogP contribution in [0.4, 0.5) is 8.78 Å². The van der Waals surface area contributed by atoms with E-state index in [1.165, 1.54) is 11.1 Å². The number of benzene rings is 7. The molecule has 7 aromatic carbocycles. The maximum absolute atomic E-state index is 17.7. The lowest BCUT2D eigenvalue weighted by Crippen LogP contribution is -2.30. The van der Waals surface area contributed by atoms with Gasteiger partial charge < -0.3 is 0 Å². The maximum Gasteiger partial charge on any atom is 0.281 e. The molecule has 10 aromatic rings. The molecular weight excluding hydrogens is 913 g/mol. The van der Waals surface area contributed by atoms with Gasteiger partial charge in [-0.25, -0.2) is 23.7 Å². The van der Waals surface area contributed by atoms with Crippen LogP contribution in [-0.4, -0.2) is 24.9 Å². The summed E-state index contributed by atoms with van der Waals surface area (Å²) in [5.74, 6) is -3.21. The Labute approximate surface area is 429 Å². The van der Waals surface area contributed by atoms with Gasteiger partial charge in [-0.3, -0.25) is 9.97 Å². The minimum absolute atomic E-state index is 0.0479. The van der Waals surface area contributed by atoms with Crippen LogP contribution in [0, 0.1) is 17.8 Å². The molecule has 0 bridgehead atoms. The second-order valence-electron chi connectivity index (χ2n) is 19.7. The van der Waals surface area contributed by atoms with Crippen LogP contribution in [0.2, 0.25) is 0 Å². The van der Waals surface area contributed by atoms with Gasteiger partial charge in [0.15, 0.2) is 17.5 Å². The fourth-order valence-electron chi connectivity index (χ4n) is 11.7. The third-order valence-corrected chi connectivity index (χ3v) is 15.3. The fourth-order valence-corrected chi connectivity index (χ4v) is 11.7. The van der Waals surface area contributed by atoms with E-state index < -0.39 is 17.8 Å². The minimum Gasteiger partial charge on any atom is -0.256 e. The van der Waals surface area contributed by atoms with E-state index in [1.54, 1.807) is 6.07 Å². The summed E-state index contributed by atoms with van der Waals surface area (Å²) >= 11 is 0. The summed E-state index contributed by atoms with van der Waals surface area (Å²) in [6.45, 7) is 4.26. The standard InChI is InChI=1S/C67H49F2N5/c1-3-53-59(66-73-64(46-14-6-4-7-15-46)72-65(74-66)47-16-8-5-9-17-47)33-32-57-56-31-29-49(40-60(56)67(68,69)61(53)57)52-38-50(42-24-26-43(27-25-42)55-22-10-18-44-20-12-34-70-62(44)55)37-51(39-52)48-28-30-54(41(2)36-48)58-23-11-19-45-21-13-35-71-63(45)58/h4-35,37-41,53,61H,3,36H2,1-2H3. The van der Waals surface area contributed by atoms with Gasteiger partial charge in [0.2, 0.25) is 0 Å². The van der Waals surface area contributed by atoms with E-state index >= 15 is 8.78 Å². The number of fused-ring (bicyclic) bond motifs is 5. The summed E-state index contributed by atoms with van der Waals surface area (Å²) in [5.41, 5.74) is 16.0. The number of aromatic nitrogens is 5. The number of pyridine rings is 2. The number of hydrogen-bond acceptors (Lipinski definition) is 5. The van der Waals surface area contributed by atoms with E-state index in [1.807, 2.05) is 116 Å². The van der Waals surface area contributed by atoms with Crippen molar-refractivity contribution in [3.8, 4) is 56.2 Å². The molecule has 3 aromatic heterocycles. The van der Waals surface area contributed by atoms with Crippen molar-refractivity contribution in [3.63, 3.8) is 0 Å². The molecule has 74 heavy (non-hydrogen) atoms. The third-order valence-electron chi connectivity index (χ3n) is 15.3. The summed E-state index contributed by atoms with van der Waals surface area (Å²) < 4.78 is 35.5. The van der Waals surface area contributed by atoms with Gasteiger partial charge in [-0.2, -0.15) is 0 Å². The number of rotatable bonds is 9. The van der Waals surface area contributed by atoms with E-state index in [9.17, 15) is 0 Å². The average Bonchev–Trinajstić information content (AvgIpc) is 3.69. The Morgan fingerprint density at radius 2 is 0.986 bits per heavy atom. The van der Waals surface area contributed by atoms with Crippen LogP contribution in [0.5, 0.6) is 0 Å². The lowest BCUT2D eigenvalue weighted by molar-refractivity contribution is -0.0487. The van der Waals surface area contributed by atoms with Crippen LogP contribution in [-0.2, 0) is 5.92 Å². The molecule has 7 heteroatoms. The number of hydrogen-bond donors (Lipinski definition) is 0. The van der Waals surface area contributed by atoms with Gasteiger partial charge in [-0.15, -0.1) is 0 Å². The highest BCUT2D eigenvalue weighted by Crippen LogP contribution is 2.60. The molecule has 0 fully saturated rings. The van der Waals surface area contributed by atoms with E-state index in [4.69, 9.17) is 24.9 Å². The monoisotopic (exact) mass is 961 g/mol. The molecule has 3 heterocycles. The fraction of sp³-hybridized carbons (Fsp3) is 0.119. The van der Waals surface area contributed by atoms with Gasteiger partial charge >= 0.3 is 0 Å². The summed E-state index contributed by atoms with van der Waals surface area (Å²) in [6.07, 6.45) is 13.3. The zero-order chi connectivity index (χ0) is 49.9. The Balaban J connectivity index is 0.901. The van der Waals surface area contributed by atoms with Crippen molar-refractivity contribution in [1.82, 2.24) is 24.9 Å². The topological polar surface area (TPSA) is 64.5 Å². The number of nitrogens with zero attached hydrogens (tertiary/aromatic N) is 5. The van der Waals surface area contributed by atoms with Crippen molar-refractivity contribution in [2.75, 3.05) is 0 Å². The van der Waals surface area contributed by atoms with Crippen molar-refractivity contribution in [1.29, 1.82) is 0 Å². The Morgan fingerprint density at radius 3 is 1.64 bits per heavy atom. The highest BCUT2D eigenvalue weighted by molar-refractivity contribution is 5.96. The second kappa shape index (κ2) is 18.3. The summed E-state index contributed by atoms with van der Waals surface area (Å²) in [6, 6.07) is 61.2. The van der Waals surface area contributed by atoms with E-state index in [-0.39, 0.29) is 11.5 Å². The maximum atomic E-state index is 17.7. The lowest BCUT2D eigenvalue weighted by atomic mass is 9.74. The molecule has 0 saturated heterocycles. The summed E-state index contributed by atoms with van der Waals surface area (Å²) in [5, 5.41) is 2.20. The molecule has 13 rings (SSSR count). The van der Waals surface area contributed by atoms with Crippen LogP contribution >= 0.6 is 0 Å². The van der Waals surface area contributed by atoms with Gasteiger partial charge in [0.1, 0.15) is 0 Å². The van der Waals surface area contributed by atoms with Gasteiger partial charge in [0.25, 0.3) is 5.92 Å². The third kappa shape index (κ3) is 7.87. The Kier molecular flexibility index (Phi) is 11.2. The van der Waals surface area contributed by atoms with E-state index in [0.29, 0.717) is 40.6 Å². The summed E-state index contributed by atoms with van der Waals surface area (Å²) in [7, 11) is 0. The normalized spacial score (nSPS) is 17.8. The molecule has 0 radical (unpaired) electrons. The molecule has 3 aliphatic rings. The predicted molar refractivity (Wildman–Crippen MR) is 297 cm³/mol. The molecule has 3 aliphatic carbocycles. The first-order valence-electron chi connectivity index (χ1n) is 25.5. The first-order chi connectivity index (χ1) is 36.3. The SMILES string of the molecule is CCC1C(c2nc(-c3ccccc3)nc(-c3ccccc3)n2)=CC=C2c3ccc(-c4cc(C5=CC=C(c6cccc7cccnc67)C(C)C5)cc(-c5ccc(-c6cccc7cccnc67)cc5)c4)cc3C(F)(F)C21. The van der Waals surface area contributed by atoms with Gasteiger partial charge in [0, 0.05) is 62.5 Å². The van der Waals surface area contributed by atoms with Crippen LogP contribution in [0.15, 0.2) is 219 Å². The van der Waals surface area contributed by atoms with Crippen LogP contribution in [0.25, 0.3) is 100 Å². The van der Waals surface area contributed by atoms with Gasteiger partial charge in [0.05, 0.1) is 17.0 Å². The molecule has 0 aliphatic heterocycles. The zero-order valence-electron chi connectivity index (χ0n) is 40.9. The van der Waals surface area contributed by atoms with E-state index in [2.05, 4.69) is 110 Å². The van der Waals surface area contributed by atoms with Gasteiger partial charge in [-0.05, 0) is 111 Å². The highest BCUT2D eigenvalue weighted by atomic mass is 19.3. The smallest absolute Gasteiger partial charge is 0.256 e. The van der Waals surface area contributed by atoms with Crippen molar-refractivity contribution in [3.05, 3.63) is 247 Å². The van der Waals surface area contributed by atoms with Crippen molar-refractivity contribution >= 4 is 44.1 Å². The number of allylic oxidation sites excluding steroid dienone is 8. The quantitative estimate of drug-likeness (QED) is 0.144. The number of para-hydroxylation sites is 2. The molecule has 3 atom stereocenters. The van der Waals surface area contributed by atoms with Crippen molar-refractivity contribution in [2.24, 2.45) is 17.8 Å². The molecule has 0 amide bonds. The molecule has 0 spiro atoms. The second-order valence-corrected chi connectivity index (χ2v) is 19.7. The Hall–Kier alpha value is -8.81. The molecule has 3 unspecified atom stereocenters. The average molecular weight is 962 g/mol. The predicted octanol–water partition coefficient (Wildman–Crippen LogP) is 17.0. The first-order valence-corrected chi connectivity index (χ1v) is 25.5. The number of halogens is 2. The van der Waals surface area contributed by atoms with Crippen molar-refractivity contribution < 1.29 is 8.78 Å². The van der Waals surface area contributed by atoms with Crippen LogP contribution in [0.1, 0.15) is 54.8 Å². The molecule has 0 N–H and O–H groups in total. The molecular formula is C67H49F2N5. The van der Waals surface area contributed by atoms with Crippen LogP contribution < -0.4 is 0 Å². The van der Waals surface area contributed by atoms with E-state index in [0.717, 1.165) is 83.9 Å². The first kappa shape index (κ1) is 45.1. The summed E-state index contributed by atoms with van der Waals surface area (Å²) in [4.78, 5) is 24.4. The zero-order valence-corrected chi connectivity index (χ0v) is 40.9. The lowest BCUT2D eigenvalue weighted by Gasteiger charge is -2.32. The Bertz CT molecular complexity index is 3900. The van der Waals surface area contributed by atoms with Crippen molar-refractivity contribution in [2.45, 2.75) is 32.6 Å². The largest absolute Gasteiger partial charge is 0.281 e. The minimum atomic E-state index is -3.18. The Morgan fingerprint density at radius 1 is 0.446 bits per heavy atom. The molecule has 0 saturated carbocycles. The molecule has 356 valence electrons. The van der Waals surface area contributed by atoms with Crippen LogP contribution in [0.3, 0.4) is 0 Å². The number of alkyl halides is 2. The molecule has 5 nitrogen and oxygen atoms in total. The highest BCUT2D eigenvalue weighted by Gasteiger charge is 2.56. The van der Waals surface area contributed by atoms with Gasteiger partial charge in [-0.1, -0.05) is 184 Å².